The fourth-order valence-corrected chi connectivity index (χ4v) is 1.93. The van der Waals surface area contributed by atoms with Crippen molar-refractivity contribution >= 4 is 12.2 Å². The van der Waals surface area contributed by atoms with Gasteiger partial charge in [-0.1, -0.05) is 0 Å². The molecule has 16 heavy (non-hydrogen) atoms. The standard InChI is InChI=1S/C10H14N4OS/c1-4-14-7(3)8(6(2)13-14)5-9-11-12-10(16)15-9/h4-5H2,1-3H3,(H,12,16). The minimum absolute atomic E-state index is 0.313. The number of aromatic nitrogens is 4. The Bertz CT molecular complexity index is 551. The van der Waals surface area contributed by atoms with Gasteiger partial charge in [0, 0.05) is 17.8 Å². The predicted octanol–water partition coefficient (Wildman–Crippen LogP) is 2.16. The van der Waals surface area contributed by atoms with Crippen LogP contribution in [0.5, 0.6) is 0 Å². The highest BCUT2D eigenvalue weighted by Gasteiger charge is 2.13. The van der Waals surface area contributed by atoms with E-state index in [0.717, 1.165) is 23.5 Å². The van der Waals surface area contributed by atoms with E-state index in [1.807, 2.05) is 11.6 Å². The molecule has 0 amide bonds. The first-order chi connectivity index (χ1) is 7.61. The molecule has 86 valence electrons. The van der Waals surface area contributed by atoms with Crippen molar-refractivity contribution in [3.8, 4) is 0 Å². The molecule has 0 fully saturated rings. The topological polar surface area (TPSA) is 59.6 Å². The molecule has 0 bridgehead atoms. The van der Waals surface area contributed by atoms with Crippen LogP contribution in [0.4, 0.5) is 0 Å². The highest BCUT2D eigenvalue weighted by molar-refractivity contribution is 7.71. The van der Waals surface area contributed by atoms with Crippen LogP contribution in [0, 0.1) is 18.7 Å². The van der Waals surface area contributed by atoms with Crippen molar-refractivity contribution in [2.45, 2.75) is 33.7 Å². The fourth-order valence-electron chi connectivity index (χ4n) is 1.79. The summed E-state index contributed by atoms with van der Waals surface area (Å²) in [5.41, 5.74) is 3.33. The van der Waals surface area contributed by atoms with Gasteiger partial charge < -0.3 is 4.42 Å². The molecule has 2 rings (SSSR count). The van der Waals surface area contributed by atoms with Crippen molar-refractivity contribution in [3.05, 3.63) is 27.7 Å². The SMILES string of the molecule is CCn1nc(C)c(Cc2n[nH]c(=S)o2)c1C. The summed E-state index contributed by atoms with van der Waals surface area (Å²) in [4.78, 5) is 0.313. The second-order valence-corrected chi connectivity index (χ2v) is 4.02. The lowest BCUT2D eigenvalue weighted by Crippen LogP contribution is -1.99. The van der Waals surface area contributed by atoms with E-state index in [9.17, 15) is 0 Å². The number of nitrogens with zero attached hydrogens (tertiary/aromatic N) is 3. The third kappa shape index (κ3) is 1.92. The van der Waals surface area contributed by atoms with Crippen molar-refractivity contribution in [1.29, 1.82) is 0 Å². The second kappa shape index (κ2) is 4.21. The van der Waals surface area contributed by atoms with Crippen molar-refractivity contribution in [3.63, 3.8) is 0 Å². The van der Waals surface area contributed by atoms with E-state index < -0.39 is 0 Å². The molecule has 0 radical (unpaired) electrons. The van der Waals surface area contributed by atoms with Crippen molar-refractivity contribution in [2.75, 3.05) is 0 Å². The molecule has 0 saturated heterocycles. The van der Waals surface area contributed by atoms with E-state index in [0.29, 0.717) is 17.1 Å². The van der Waals surface area contributed by atoms with Crippen LogP contribution in [0.3, 0.4) is 0 Å². The van der Waals surface area contributed by atoms with Crippen molar-refractivity contribution < 1.29 is 4.42 Å². The smallest absolute Gasteiger partial charge is 0.284 e. The number of aromatic amines is 1. The zero-order chi connectivity index (χ0) is 11.7. The van der Waals surface area contributed by atoms with Gasteiger partial charge in [0.1, 0.15) is 0 Å². The van der Waals surface area contributed by atoms with Gasteiger partial charge in [-0.05, 0) is 33.0 Å². The minimum atomic E-state index is 0.313. The van der Waals surface area contributed by atoms with Crippen LogP contribution in [0.2, 0.25) is 0 Å². The highest BCUT2D eigenvalue weighted by atomic mass is 32.1. The van der Waals surface area contributed by atoms with Crippen LogP contribution >= 0.6 is 12.2 Å². The van der Waals surface area contributed by atoms with E-state index in [4.69, 9.17) is 16.6 Å². The summed E-state index contributed by atoms with van der Waals surface area (Å²) in [5, 5.41) is 11.1. The highest BCUT2D eigenvalue weighted by Crippen LogP contribution is 2.16. The van der Waals surface area contributed by atoms with Crippen LogP contribution in [-0.4, -0.2) is 20.0 Å². The second-order valence-electron chi connectivity index (χ2n) is 3.65. The first-order valence-electron chi connectivity index (χ1n) is 5.19. The maximum atomic E-state index is 5.25. The molecule has 0 aliphatic carbocycles. The summed E-state index contributed by atoms with van der Waals surface area (Å²) in [6.45, 7) is 7.00. The average Bonchev–Trinajstić information content (AvgIpc) is 2.77. The van der Waals surface area contributed by atoms with Gasteiger partial charge in [0.2, 0.25) is 5.89 Å². The van der Waals surface area contributed by atoms with Crippen molar-refractivity contribution in [1.82, 2.24) is 20.0 Å². The van der Waals surface area contributed by atoms with E-state index in [1.165, 1.54) is 0 Å². The molecule has 0 atom stereocenters. The summed E-state index contributed by atoms with van der Waals surface area (Å²) < 4.78 is 7.23. The van der Waals surface area contributed by atoms with Gasteiger partial charge in [-0.15, -0.1) is 5.10 Å². The number of aryl methyl sites for hydroxylation is 2. The van der Waals surface area contributed by atoms with Gasteiger partial charge >= 0.3 is 0 Å². The lowest BCUT2D eigenvalue weighted by atomic mass is 10.1. The minimum Gasteiger partial charge on any atom is -0.414 e. The lowest BCUT2D eigenvalue weighted by molar-refractivity contribution is 0.490. The summed E-state index contributed by atoms with van der Waals surface area (Å²) in [6.07, 6.45) is 0.630. The Morgan fingerprint density at radius 2 is 2.19 bits per heavy atom. The molecular formula is C10H14N4OS. The zero-order valence-electron chi connectivity index (χ0n) is 9.57. The molecule has 0 aliphatic rings. The van der Waals surface area contributed by atoms with E-state index >= 15 is 0 Å². The number of hydrogen-bond acceptors (Lipinski definition) is 4. The Morgan fingerprint density at radius 3 is 2.69 bits per heavy atom. The largest absolute Gasteiger partial charge is 0.414 e. The summed E-state index contributed by atoms with van der Waals surface area (Å²) in [6, 6.07) is 0. The van der Waals surface area contributed by atoms with Gasteiger partial charge in [-0.2, -0.15) is 5.10 Å². The lowest BCUT2D eigenvalue weighted by Gasteiger charge is -1.99. The van der Waals surface area contributed by atoms with Crippen LogP contribution in [0.25, 0.3) is 0 Å². The molecule has 0 unspecified atom stereocenters. The summed E-state index contributed by atoms with van der Waals surface area (Å²) >= 11 is 4.84. The van der Waals surface area contributed by atoms with Gasteiger partial charge in [0.25, 0.3) is 4.84 Å². The molecule has 5 nitrogen and oxygen atoms in total. The van der Waals surface area contributed by atoms with Gasteiger partial charge in [0.15, 0.2) is 0 Å². The Hall–Kier alpha value is -1.43. The van der Waals surface area contributed by atoms with Crippen LogP contribution in [0.1, 0.15) is 29.8 Å². The van der Waals surface area contributed by atoms with Crippen molar-refractivity contribution in [2.24, 2.45) is 0 Å². The van der Waals surface area contributed by atoms with Gasteiger partial charge in [-0.25, -0.2) is 5.10 Å². The quantitative estimate of drug-likeness (QED) is 0.832. The predicted molar refractivity (Wildman–Crippen MR) is 61.9 cm³/mol. The maximum absolute atomic E-state index is 5.25. The van der Waals surface area contributed by atoms with Crippen LogP contribution in [-0.2, 0) is 13.0 Å². The van der Waals surface area contributed by atoms with Gasteiger partial charge in [0.05, 0.1) is 12.1 Å². The Morgan fingerprint density at radius 1 is 1.44 bits per heavy atom. The average molecular weight is 238 g/mol. The molecule has 6 heteroatoms. The first-order valence-corrected chi connectivity index (χ1v) is 5.60. The van der Waals surface area contributed by atoms with Gasteiger partial charge in [-0.3, -0.25) is 4.68 Å². The number of hydrogen-bond donors (Lipinski definition) is 1. The van der Waals surface area contributed by atoms with E-state index in [2.05, 4.69) is 29.1 Å². The number of nitrogens with one attached hydrogen (secondary N) is 1. The molecule has 2 heterocycles. The number of H-pyrrole nitrogens is 1. The zero-order valence-corrected chi connectivity index (χ0v) is 10.4. The maximum Gasteiger partial charge on any atom is 0.284 e. The molecule has 2 aromatic rings. The molecule has 0 aliphatic heterocycles. The molecule has 0 spiro atoms. The Balaban J connectivity index is 2.34. The fraction of sp³-hybridized carbons (Fsp3) is 0.500. The Labute approximate surface area is 98.5 Å². The monoisotopic (exact) mass is 238 g/mol. The summed E-state index contributed by atoms with van der Waals surface area (Å²) in [5.74, 6) is 0.604. The molecule has 2 aromatic heterocycles. The normalized spacial score (nSPS) is 10.9. The summed E-state index contributed by atoms with van der Waals surface area (Å²) in [7, 11) is 0. The van der Waals surface area contributed by atoms with E-state index in [1.54, 1.807) is 0 Å². The third-order valence-corrected chi connectivity index (χ3v) is 2.82. The van der Waals surface area contributed by atoms with Crippen LogP contribution < -0.4 is 0 Å². The van der Waals surface area contributed by atoms with Crippen LogP contribution in [0.15, 0.2) is 4.42 Å². The van der Waals surface area contributed by atoms with E-state index in [-0.39, 0.29) is 0 Å². The molecule has 0 aromatic carbocycles. The first kappa shape index (κ1) is 11.1. The third-order valence-electron chi connectivity index (χ3n) is 2.64. The molecule has 0 saturated carbocycles. The molecule has 1 N–H and O–H groups in total. The molecular weight excluding hydrogens is 224 g/mol. The number of rotatable bonds is 3. The Kier molecular flexibility index (Phi) is 2.91.